The molecule has 1 aromatic heterocycles. The van der Waals surface area contributed by atoms with E-state index in [0.29, 0.717) is 16.9 Å². The Balaban J connectivity index is 1.39. The minimum absolute atomic E-state index is 0.0442. The summed E-state index contributed by atoms with van der Waals surface area (Å²) in [5, 5.41) is 11.4. The zero-order valence-electron chi connectivity index (χ0n) is 23.7. The molecule has 3 heterocycles. The quantitative estimate of drug-likeness (QED) is 0.215. The fourth-order valence-electron chi connectivity index (χ4n) is 7.53. The predicted molar refractivity (Wildman–Crippen MR) is 165 cm³/mol. The smallest absolute Gasteiger partial charge is 0.258 e. The van der Waals surface area contributed by atoms with Crippen molar-refractivity contribution in [2.45, 2.75) is 35.1 Å². The van der Waals surface area contributed by atoms with E-state index in [-0.39, 0.29) is 50.1 Å². The molecule has 4 amide bonds. The molecule has 2 aliphatic heterocycles. The van der Waals surface area contributed by atoms with Gasteiger partial charge in [-0.1, -0.05) is 35.9 Å². The third kappa shape index (κ3) is 4.33. The van der Waals surface area contributed by atoms with Crippen molar-refractivity contribution in [3.8, 4) is 5.75 Å². The number of fused-ring (bicyclic) bond motifs is 4. The molecule has 4 aliphatic rings. The van der Waals surface area contributed by atoms with E-state index in [1.54, 1.807) is 24.3 Å². The summed E-state index contributed by atoms with van der Waals surface area (Å²) in [4.78, 5) is 55.5. The maximum Gasteiger partial charge on any atom is 0.258 e. The standard InChI is InChI=1S/C33H27Cl2FN2O6S/c34-32-16-24-21(11-12-23-26(24)29(41)37(28(23)40)17-20-4-3-15-45-20)27(22-5-1-2-6-25(22)44-14-13-39)33(32,35)31(43)38(30(32)42)19-9-7-18(36)8-10-19/h1-11,15,23-24,26-27,39H,12-14,16-17H2/t23-,24+,26-,27+,32+,33-/m0/s1. The second-order valence-electron chi connectivity index (χ2n) is 11.7. The Morgan fingerprint density at radius 1 is 0.956 bits per heavy atom. The number of hydrogen-bond acceptors (Lipinski definition) is 7. The Morgan fingerprint density at radius 2 is 1.71 bits per heavy atom. The van der Waals surface area contributed by atoms with Crippen molar-refractivity contribution in [1.29, 1.82) is 0 Å². The highest BCUT2D eigenvalue weighted by atomic mass is 35.5. The molecule has 6 atom stereocenters. The number of aliphatic hydroxyl groups excluding tert-OH is 1. The number of ether oxygens (including phenoxy) is 1. The molecule has 0 radical (unpaired) electrons. The molecule has 232 valence electrons. The molecule has 0 bridgehead atoms. The van der Waals surface area contributed by atoms with Crippen LogP contribution in [0.3, 0.4) is 0 Å². The van der Waals surface area contributed by atoms with Gasteiger partial charge in [0.2, 0.25) is 11.8 Å². The first-order chi connectivity index (χ1) is 21.6. The number of aliphatic hydroxyl groups is 1. The molecule has 45 heavy (non-hydrogen) atoms. The zero-order valence-corrected chi connectivity index (χ0v) is 26.0. The number of likely N-dealkylation sites (tertiary alicyclic amines) is 1. The van der Waals surface area contributed by atoms with Crippen LogP contribution < -0.4 is 9.64 Å². The molecule has 7 rings (SSSR count). The van der Waals surface area contributed by atoms with E-state index in [1.807, 2.05) is 23.6 Å². The normalized spacial score (nSPS) is 30.7. The lowest BCUT2D eigenvalue weighted by Gasteiger charge is -2.51. The third-order valence-corrected chi connectivity index (χ3v) is 11.7. The number of amides is 4. The highest BCUT2D eigenvalue weighted by molar-refractivity contribution is 7.09. The molecule has 0 spiro atoms. The van der Waals surface area contributed by atoms with Gasteiger partial charge in [0, 0.05) is 16.4 Å². The second kappa shape index (κ2) is 11.0. The molecule has 2 aliphatic carbocycles. The van der Waals surface area contributed by atoms with Gasteiger partial charge >= 0.3 is 0 Å². The van der Waals surface area contributed by atoms with Crippen LogP contribution in [-0.2, 0) is 25.7 Å². The minimum Gasteiger partial charge on any atom is -0.491 e. The van der Waals surface area contributed by atoms with Crippen LogP contribution in [0.15, 0.2) is 77.7 Å². The van der Waals surface area contributed by atoms with E-state index in [9.17, 15) is 28.7 Å². The fraction of sp³-hybridized carbons (Fsp3) is 0.333. The number of hydrogen-bond donors (Lipinski definition) is 1. The lowest BCUT2D eigenvalue weighted by Crippen LogP contribution is -2.60. The van der Waals surface area contributed by atoms with E-state index in [1.165, 1.54) is 28.4 Å². The minimum atomic E-state index is -2.07. The van der Waals surface area contributed by atoms with Crippen LogP contribution in [0.5, 0.6) is 5.75 Å². The Bertz CT molecular complexity index is 1750. The second-order valence-corrected chi connectivity index (χ2v) is 14.0. The highest BCUT2D eigenvalue weighted by Gasteiger charge is 2.76. The Hall–Kier alpha value is -3.57. The van der Waals surface area contributed by atoms with Crippen molar-refractivity contribution >= 4 is 63.9 Å². The summed E-state index contributed by atoms with van der Waals surface area (Å²) in [6.07, 6.45) is 1.93. The molecule has 12 heteroatoms. The number of thiophene rings is 1. The summed E-state index contributed by atoms with van der Waals surface area (Å²) >= 11 is 16.3. The molecule has 3 fully saturated rings. The van der Waals surface area contributed by atoms with Gasteiger partial charge < -0.3 is 9.84 Å². The SMILES string of the molecule is O=C1[C@H]2[C@H](CC=C3[C@H]2C[C@@]2(Cl)C(=O)N(c4ccc(F)cc4)C(=O)[C@@]2(Cl)[C@H]3c2ccccc2OCCO)C(=O)N1Cc1cccs1. The Kier molecular flexibility index (Phi) is 7.39. The summed E-state index contributed by atoms with van der Waals surface area (Å²) in [6, 6.07) is 15.4. The number of carbonyl (C=O) groups excluding carboxylic acids is 4. The van der Waals surface area contributed by atoms with Crippen LogP contribution >= 0.6 is 34.5 Å². The third-order valence-electron chi connectivity index (χ3n) is 9.46. The van der Waals surface area contributed by atoms with Crippen molar-refractivity contribution in [3.05, 3.63) is 94.0 Å². The summed E-state index contributed by atoms with van der Waals surface area (Å²) in [5.41, 5.74) is 1.19. The maximum atomic E-state index is 14.5. The molecule has 1 N–H and O–H groups in total. The fourth-order valence-corrected chi connectivity index (χ4v) is 9.15. The number of para-hydroxylation sites is 1. The molecular formula is C33H27Cl2FN2O6S. The number of nitrogens with zero attached hydrogens (tertiary/aromatic N) is 2. The van der Waals surface area contributed by atoms with Crippen LogP contribution in [-0.4, -0.2) is 56.6 Å². The zero-order chi connectivity index (χ0) is 31.7. The van der Waals surface area contributed by atoms with Crippen LogP contribution in [0.1, 0.15) is 29.2 Å². The van der Waals surface area contributed by atoms with E-state index < -0.39 is 51.1 Å². The molecule has 8 nitrogen and oxygen atoms in total. The van der Waals surface area contributed by atoms with Gasteiger partial charge in [0.25, 0.3) is 11.8 Å². The van der Waals surface area contributed by atoms with E-state index in [0.717, 1.165) is 21.9 Å². The monoisotopic (exact) mass is 668 g/mol. The van der Waals surface area contributed by atoms with Crippen molar-refractivity contribution in [3.63, 3.8) is 0 Å². The largest absolute Gasteiger partial charge is 0.491 e. The van der Waals surface area contributed by atoms with Gasteiger partial charge in [-0.15, -0.1) is 34.5 Å². The van der Waals surface area contributed by atoms with Gasteiger partial charge in [-0.25, -0.2) is 9.29 Å². The predicted octanol–water partition coefficient (Wildman–Crippen LogP) is 5.02. The van der Waals surface area contributed by atoms with E-state index >= 15 is 0 Å². The molecule has 0 unspecified atom stereocenters. The van der Waals surface area contributed by atoms with Crippen molar-refractivity contribution < 1.29 is 33.4 Å². The lowest BCUT2D eigenvalue weighted by atomic mass is 9.56. The molecule has 2 aromatic carbocycles. The first kappa shape index (κ1) is 30.1. The molecule has 3 aromatic rings. The van der Waals surface area contributed by atoms with Gasteiger partial charge in [0.1, 0.15) is 18.2 Å². The first-order valence-corrected chi connectivity index (χ1v) is 16.2. The number of benzene rings is 2. The number of alkyl halides is 2. The van der Waals surface area contributed by atoms with Gasteiger partial charge in [0.05, 0.1) is 30.7 Å². The van der Waals surface area contributed by atoms with E-state index in [4.69, 9.17) is 27.9 Å². The van der Waals surface area contributed by atoms with Gasteiger partial charge in [-0.2, -0.15) is 0 Å². The molecule has 2 saturated heterocycles. The van der Waals surface area contributed by atoms with E-state index in [2.05, 4.69) is 0 Å². The molecule has 1 saturated carbocycles. The van der Waals surface area contributed by atoms with Crippen LogP contribution in [0.25, 0.3) is 0 Å². The average Bonchev–Trinajstić information content (AvgIpc) is 3.68. The number of allylic oxidation sites excluding steroid dienone is 2. The van der Waals surface area contributed by atoms with Gasteiger partial charge in [-0.05, 0) is 60.5 Å². The highest BCUT2D eigenvalue weighted by Crippen LogP contribution is 2.66. The van der Waals surface area contributed by atoms with Crippen molar-refractivity contribution in [2.75, 3.05) is 18.1 Å². The maximum absolute atomic E-state index is 14.5. The van der Waals surface area contributed by atoms with Crippen LogP contribution in [0, 0.1) is 23.6 Å². The van der Waals surface area contributed by atoms with Crippen molar-refractivity contribution in [1.82, 2.24) is 4.90 Å². The number of halogens is 3. The number of anilines is 1. The van der Waals surface area contributed by atoms with Crippen molar-refractivity contribution in [2.24, 2.45) is 17.8 Å². The summed E-state index contributed by atoms with van der Waals surface area (Å²) < 4.78 is 19.7. The topological polar surface area (TPSA) is 104 Å². The molecular weight excluding hydrogens is 642 g/mol. The Morgan fingerprint density at radius 3 is 2.42 bits per heavy atom. The van der Waals surface area contributed by atoms with Gasteiger partial charge in [-0.3, -0.25) is 24.1 Å². The number of imide groups is 2. The van der Waals surface area contributed by atoms with Gasteiger partial charge in [0.15, 0.2) is 9.75 Å². The summed E-state index contributed by atoms with van der Waals surface area (Å²) in [6.45, 7) is -0.170. The number of rotatable bonds is 7. The summed E-state index contributed by atoms with van der Waals surface area (Å²) in [7, 11) is 0. The first-order valence-electron chi connectivity index (χ1n) is 14.5. The lowest BCUT2D eigenvalue weighted by molar-refractivity contribution is -0.141. The van der Waals surface area contributed by atoms with Crippen LogP contribution in [0.2, 0.25) is 0 Å². The number of carbonyl (C=O) groups is 4. The Labute approximate surface area is 272 Å². The summed E-state index contributed by atoms with van der Waals surface area (Å²) in [5.74, 6) is -5.65. The van der Waals surface area contributed by atoms with Crippen LogP contribution in [0.4, 0.5) is 10.1 Å². The average molecular weight is 670 g/mol.